The molecule has 108 valence electrons. The molecule has 1 aromatic rings. The monoisotopic (exact) mass is 272 g/mol. The molecule has 4 saturated carbocycles. The summed E-state index contributed by atoms with van der Waals surface area (Å²) in [4.78, 5) is 0. The predicted octanol–water partition coefficient (Wildman–Crippen LogP) is 3.53. The quantitative estimate of drug-likeness (QED) is 0.912. The van der Waals surface area contributed by atoms with E-state index in [9.17, 15) is 5.11 Å². The van der Waals surface area contributed by atoms with E-state index in [0.29, 0.717) is 12.5 Å². The number of hydrogen-bond donors (Lipinski definition) is 1. The minimum Gasteiger partial charge on any atom is -0.387 e. The SMILES string of the molecule is CC1(O)C2CC3CC(C2)CC1(OCc1ccccc1)C3. The lowest BCUT2D eigenvalue weighted by molar-refractivity contribution is -0.282. The molecule has 0 aromatic heterocycles. The zero-order valence-corrected chi connectivity index (χ0v) is 12.2. The van der Waals surface area contributed by atoms with Crippen LogP contribution in [0.1, 0.15) is 44.6 Å². The molecule has 4 fully saturated rings. The molecular formula is C18H24O2. The first-order valence-corrected chi connectivity index (χ1v) is 7.99. The van der Waals surface area contributed by atoms with Gasteiger partial charge in [-0.3, -0.25) is 0 Å². The van der Waals surface area contributed by atoms with Crippen LogP contribution in [0.2, 0.25) is 0 Å². The molecule has 20 heavy (non-hydrogen) atoms. The molecule has 4 bridgehead atoms. The minimum absolute atomic E-state index is 0.294. The summed E-state index contributed by atoms with van der Waals surface area (Å²) in [5, 5.41) is 11.1. The molecule has 0 radical (unpaired) electrons. The molecule has 0 heterocycles. The normalized spacial score (nSPS) is 45.8. The molecule has 3 atom stereocenters. The minimum atomic E-state index is -0.644. The lowest BCUT2D eigenvalue weighted by Gasteiger charge is -2.63. The maximum absolute atomic E-state index is 11.1. The van der Waals surface area contributed by atoms with E-state index in [-0.39, 0.29) is 5.60 Å². The van der Waals surface area contributed by atoms with Gasteiger partial charge < -0.3 is 9.84 Å². The van der Waals surface area contributed by atoms with Crippen molar-refractivity contribution in [2.45, 2.75) is 56.8 Å². The van der Waals surface area contributed by atoms with Gasteiger partial charge in [-0.1, -0.05) is 30.3 Å². The first kappa shape index (κ1) is 12.8. The fraction of sp³-hybridized carbons (Fsp3) is 0.667. The summed E-state index contributed by atoms with van der Waals surface area (Å²) in [7, 11) is 0. The molecule has 0 aliphatic heterocycles. The topological polar surface area (TPSA) is 29.5 Å². The van der Waals surface area contributed by atoms with Gasteiger partial charge in [-0.05, 0) is 62.3 Å². The van der Waals surface area contributed by atoms with Crippen LogP contribution < -0.4 is 0 Å². The molecule has 4 aliphatic carbocycles. The fourth-order valence-corrected chi connectivity index (χ4v) is 5.22. The van der Waals surface area contributed by atoms with Crippen LogP contribution >= 0.6 is 0 Å². The van der Waals surface area contributed by atoms with E-state index in [4.69, 9.17) is 4.74 Å². The number of aliphatic hydroxyl groups is 1. The standard InChI is InChI=1S/C18H24O2/c1-17(19)16-8-14-7-15(9-16)11-18(17,10-14)20-12-13-5-3-2-4-6-13/h2-6,14-16,19H,7-12H2,1H3. The van der Waals surface area contributed by atoms with Crippen LogP contribution in [0.15, 0.2) is 30.3 Å². The number of benzene rings is 1. The van der Waals surface area contributed by atoms with Gasteiger partial charge in [-0.25, -0.2) is 0 Å². The van der Waals surface area contributed by atoms with E-state index in [0.717, 1.165) is 24.7 Å². The summed E-state index contributed by atoms with van der Waals surface area (Å²) in [6, 6.07) is 10.3. The molecule has 0 saturated heterocycles. The smallest absolute Gasteiger partial charge is 0.0977 e. The average Bonchev–Trinajstić information content (AvgIpc) is 2.43. The summed E-state index contributed by atoms with van der Waals surface area (Å²) in [5.74, 6) is 2.01. The van der Waals surface area contributed by atoms with Crippen LogP contribution in [0.4, 0.5) is 0 Å². The number of ether oxygens (including phenoxy) is 1. The van der Waals surface area contributed by atoms with Crippen LogP contribution in [0.5, 0.6) is 0 Å². The lowest BCUT2D eigenvalue weighted by atomic mass is 9.48. The Balaban J connectivity index is 1.58. The second-order valence-electron chi connectivity index (χ2n) is 7.46. The molecule has 1 N–H and O–H groups in total. The molecule has 1 aromatic carbocycles. The molecule has 2 nitrogen and oxygen atoms in total. The number of rotatable bonds is 3. The Hall–Kier alpha value is -0.860. The number of hydrogen-bond acceptors (Lipinski definition) is 2. The zero-order valence-electron chi connectivity index (χ0n) is 12.2. The third-order valence-electron chi connectivity index (χ3n) is 6.21. The molecular weight excluding hydrogens is 248 g/mol. The predicted molar refractivity (Wildman–Crippen MR) is 78.1 cm³/mol. The van der Waals surface area contributed by atoms with Gasteiger partial charge in [0.2, 0.25) is 0 Å². The second kappa shape index (κ2) is 4.32. The Morgan fingerprint density at radius 2 is 1.75 bits per heavy atom. The molecule has 0 spiro atoms. The van der Waals surface area contributed by atoms with E-state index in [1.807, 2.05) is 13.0 Å². The van der Waals surface area contributed by atoms with Gasteiger partial charge in [0.25, 0.3) is 0 Å². The highest BCUT2D eigenvalue weighted by Gasteiger charge is 2.63. The van der Waals surface area contributed by atoms with Crippen LogP contribution in [0.3, 0.4) is 0 Å². The van der Waals surface area contributed by atoms with E-state index >= 15 is 0 Å². The summed E-state index contributed by atoms with van der Waals surface area (Å²) >= 11 is 0. The third-order valence-corrected chi connectivity index (χ3v) is 6.21. The van der Waals surface area contributed by atoms with Crippen molar-refractivity contribution in [1.82, 2.24) is 0 Å². The summed E-state index contributed by atoms with van der Waals surface area (Å²) in [5.41, 5.74) is 0.270. The van der Waals surface area contributed by atoms with Gasteiger partial charge in [-0.2, -0.15) is 0 Å². The van der Waals surface area contributed by atoms with Gasteiger partial charge >= 0.3 is 0 Å². The molecule has 4 aliphatic rings. The molecule has 2 heteroatoms. The summed E-state index contributed by atoms with van der Waals surface area (Å²) in [6.07, 6.45) is 5.89. The van der Waals surface area contributed by atoms with E-state index < -0.39 is 5.60 Å². The van der Waals surface area contributed by atoms with Crippen molar-refractivity contribution in [3.8, 4) is 0 Å². The fourth-order valence-electron chi connectivity index (χ4n) is 5.22. The van der Waals surface area contributed by atoms with Crippen molar-refractivity contribution in [2.75, 3.05) is 0 Å². The Morgan fingerprint density at radius 3 is 2.40 bits per heavy atom. The lowest BCUT2D eigenvalue weighted by Crippen LogP contribution is -2.68. The highest BCUT2D eigenvalue weighted by molar-refractivity contribution is 5.17. The van der Waals surface area contributed by atoms with Gasteiger partial charge in [-0.15, -0.1) is 0 Å². The van der Waals surface area contributed by atoms with Crippen molar-refractivity contribution in [2.24, 2.45) is 17.8 Å². The van der Waals surface area contributed by atoms with E-state index in [1.54, 1.807) is 0 Å². The van der Waals surface area contributed by atoms with Gasteiger partial charge in [0.15, 0.2) is 0 Å². The molecule has 3 unspecified atom stereocenters. The maximum atomic E-state index is 11.1. The van der Waals surface area contributed by atoms with Gasteiger partial charge in [0.05, 0.1) is 17.8 Å². The summed E-state index contributed by atoms with van der Waals surface area (Å²) < 4.78 is 6.39. The van der Waals surface area contributed by atoms with Crippen LogP contribution in [-0.2, 0) is 11.3 Å². The first-order valence-electron chi connectivity index (χ1n) is 7.99. The second-order valence-corrected chi connectivity index (χ2v) is 7.46. The average molecular weight is 272 g/mol. The van der Waals surface area contributed by atoms with E-state index in [1.165, 1.54) is 24.8 Å². The van der Waals surface area contributed by atoms with Gasteiger partial charge in [0.1, 0.15) is 0 Å². The largest absolute Gasteiger partial charge is 0.387 e. The molecule has 0 amide bonds. The highest BCUT2D eigenvalue weighted by atomic mass is 16.5. The van der Waals surface area contributed by atoms with Crippen molar-refractivity contribution in [3.05, 3.63) is 35.9 Å². The van der Waals surface area contributed by atoms with Crippen molar-refractivity contribution in [1.29, 1.82) is 0 Å². The summed E-state index contributed by atoms with van der Waals surface area (Å²) in [6.45, 7) is 2.66. The Morgan fingerprint density at radius 1 is 1.10 bits per heavy atom. The molecule has 5 rings (SSSR count). The Bertz CT molecular complexity index is 479. The van der Waals surface area contributed by atoms with Crippen LogP contribution in [-0.4, -0.2) is 16.3 Å². The maximum Gasteiger partial charge on any atom is 0.0977 e. The zero-order chi connectivity index (χ0) is 13.8. The van der Waals surface area contributed by atoms with Crippen LogP contribution in [0.25, 0.3) is 0 Å². The Kier molecular flexibility index (Phi) is 2.77. The Labute approximate surface area is 121 Å². The van der Waals surface area contributed by atoms with E-state index in [2.05, 4.69) is 24.3 Å². The van der Waals surface area contributed by atoms with Crippen molar-refractivity contribution in [3.63, 3.8) is 0 Å². The van der Waals surface area contributed by atoms with Gasteiger partial charge in [0, 0.05) is 0 Å². The van der Waals surface area contributed by atoms with Crippen molar-refractivity contribution >= 4 is 0 Å². The third kappa shape index (κ3) is 1.78. The highest BCUT2D eigenvalue weighted by Crippen LogP contribution is 2.61. The first-order chi connectivity index (χ1) is 9.59. The van der Waals surface area contributed by atoms with Crippen LogP contribution in [0, 0.1) is 17.8 Å². The van der Waals surface area contributed by atoms with Crippen molar-refractivity contribution < 1.29 is 9.84 Å².